The van der Waals surface area contributed by atoms with E-state index in [1.807, 2.05) is 32.0 Å². The SMILES string of the molecule is Cc1ccc(NC(=O)[C@@H](C)OC(=O)c2c(C)cc(C)nc2Cl)c(C)c1. The zero-order valence-electron chi connectivity index (χ0n) is 14.9. The number of carbonyl (C=O) groups is 2. The number of benzene rings is 1. The van der Waals surface area contributed by atoms with Crippen LogP contribution in [0.2, 0.25) is 5.15 Å². The van der Waals surface area contributed by atoms with Crippen LogP contribution in [0.3, 0.4) is 0 Å². The van der Waals surface area contributed by atoms with Crippen molar-refractivity contribution >= 4 is 29.2 Å². The number of esters is 1. The van der Waals surface area contributed by atoms with Gasteiger partial charge in [-0.1, -0.05) is 29.3 Å². The van der Waals surface area contributed by atoms with Gasteiger partial charge in [0.2, 0.25) is 0 Å². The zero-order valence-corrected chi connectivity index (χ0v) is 15.7. The molecular weight excluding hydrogens is 340 g/mol. The Morgan fingerprint density at radius 1 is 1.12 bits per heavy atom. The van der Waals surface area contributed by atoms with E-state index in [-0.39, 0.29) is 10.7 Å². The first-order valence-electron chi connectivity index (χ1n) is 7.92. The lowest BCUT2D eigenvalue weighted by molar-refractivity contribution is -0.123. The Bertz CT molecular complexity index is 810. The van der Waals surface area contributed by atoms with Crippen molar-refractivity contribution in [3.05, 3.63) is 57.4 Å². The summed E-state index contributed by atoms with van der Waals surface area (Å²) in [7, 11) is 0. The molecule has 0 aliphatic carbocycles. The highest BCUT2D eigenvalue weighted by Gasteiger charge is 2.23. The monoisotopic (exact) mass is 360 g/mol. The number of aromatic nitrogens is 1. The molecule has 0 saturated heterocycles. The van der Waals surface area contributed by atoms with E-state index in [0.717, 1.165) is 11.1 Å². The Kier molecular flexibility index (Phi) is 5.80. The normalized spacial score (nSPS) is 11.8. The minimum absolute atomic E-state index is 0.0736. The van der Waals surface area contributed by atoms with Crippen LogP contribution in [0.4, 0.5) is 5.69 Å². The highest BCUT2D eigenvalue weighted by Crippen LogP contribution is 2.21. The number of hydrogen-bond donors (Lipinski definition) is 1. The van der Waals surface area contributed by atoms with Crippen LogP contribution in [0.5, 0.6) is 0 Å². The number of nitrogens with one attached hydrogen (secondary N) is 1. The highest BCUT2D eigenvalue weighted by molar-refractivity contribution is 6.32. The summed E-state index contributed by atoms with van der Waals surface area (Å²) >= 11 is 6.05. The summed E-state index contributed by atoms with van der Waals surface area (Å²) in [5, 5.41) is 2.84. The van der Waals surface area contributed by atoms with E-state index in [2.05, 4.69) is 10.3 Å². The summed E-state index contributed by atoms with van der Waals surface area (Å²) in [5.74, 6) is -1.08. The smallest absolute Gasteiger partial charge is 0.342 e. The number of nitrogens with zero attached hydrogens (tertiary/aromatic N) is 1. The van der Waals surface area contributed by atoms with Crippen molar-refractivity contribution in [3.8, 4) is 0 Å². The first kappa shape index (κ1) is 18.9. The molecule has 0 unspecified atom stereocenters. The summed E-state index contributed by atoms with van der Waals surface area (Å²) in [6, 6.07) is 7.43. The zero-order chi connectivity index (χ0) is 18.7. The van der Waals surface area contributed by atoms with Crippen molar-refractivity contribution in [2.24, 2.45) is 0 Å². The average Bonchev–Trinajstić information content (AvgIpc) is 2.48. The van der Waals surface area contributed by atoms with Crippen LogP contribution in [0.25, 0.3) is 0 Å². The van der Waals surface area contributed by atoms with Gasteiger partial charge in [0, 0.05) is 11.4 Å². The number of aryl methyl sites for hydroxylation is 4. The third-order valence-corrected chi connectivity index (χ3v) is 4.07. The molecule has 132 valence electrons. The lowest BCUT2D eigenvalue weighted by Crippen LogP contribution is -2.30. The van der Waals surface area contributed by atoms with Gasteiger partial charge in [-0.05, 0) is 57.9 Å². The molecule has 25 heavy (non-hydrogen) atoms. The molecule has 5 nitrogen and oxygen atoms in total. The highest BCUT2D eigenvalue weighted by atomic mass is 35.5. The summed E-state index contributed by atoms with van der Waals surface area (Å²) in [6.07, 6.45) is -0.968. The molecule has 0 bridgehead atoms. The topological polar surface area (TPSA) is 68.3 Å². The molecule has 1 N–H and O–H groups in total. The third kappa shape index (κ3) is 4.57. The fourth-order valence-electron chi connectivity index (χ4n) is 2.50. The van der Waals surface area contributed by atoms with Gasteiger partial charge in [-0.15, -0.1) is 0 Å². The molecule has 1 aromatic heterocycles. The second kappa shape index (κ2) is 7.66. The third-order valence-electron chi connectivity index (χ3n) is 3.80. The first-order valence-corrected chi connectivity index (χ1v) is 8.29. The number of amides is 1. The molecule has 0 radical (unpaired) electrons. The van der Waals surface area contributed by atoms with Crippen molar-refractivity contribution < 1.29 is 14.3 Å². The summed E-state index contributed by atoms with van der Waals surface area (Å²) in [4.78, 5) is 28.7. The molecule has 1 heterocycles. The van der Waals surface area contributed by atoms with Crippen LogP contribution < -0.4 is 5.32 Å². The van der Waals surface area contributed by atoms with E-state index in [9.17, 15) is 9.59 Å². The van der Waals surface area contributed by atoms with Crippen LogP contribution in [0, 0.1) is 27.7 Å². The van der Waals surface area contributed by atoms with Crippen LogP contribution in [-0.4, -0.2) is 23.0 Å². The van der Waals surface area contributed by atoms with Gasteiger partial charge in [0.05, 0.1) is 5.56 Å². The maximum absolute atomic E-state index is 12.3. The molecule has 0 spiro atoms. The lowest BCUT2D eigenvalue weighted by atomic mass is 10.1. The number of anilines is 1. The fraction of sp³-hybridized carbons (Fsp3) is 0.316. The van der Waals surface area contributed by atoms with Gasteiger partial charge in [-0.3, -0.25) is 4.79 Å². The molecule has 2 aromatic rings. The maximum atomic E-state index is 12.3. The van der Waals surface area contributed by atoms with Gasteiger partial charge in [0.15, 0.2) is 6.10 Å². The Hall–Kier alpha value is -2.40. The number of halogens is 1. The van der Waals surface area contributed by atoms with E-state index in [0.29, 0.717) is 16.9 Å². The van der Waals surface area contributed by atoms with Crippen molar-refractivity contribution in [1.29, 1.82) is 0 Å². The number of carbonyl (C=O) groups excluding carboxylic acids is 2. The molecule has 6 heteroatoms. The molecule has 0 aliphatic heterocycles. The number of hydrogen-bond acceptors (Lipinski definition) is 4. The molecule has 0 saturated carbocycles. The summed E-state index contributed by atoms with van der Waals surface area (Å²) in [5.41, 5.74) is 4.27. The molecule has 0 aliphatic rings. The predicted octanol–water partition coefficient (Wildman–Crippen LogP) is 4.15. The average molecular weight is 361 g/mol. The van der Waals surface area contributed by atoms with Crippen molar-refractivity contribution in [3.63, 3.8) is 0 Å². The van der Waals surface area contributed by atoms with Gasteiger partial charge < -0.3 is 10.1 Å². The van der Waals surface area contributed by atoms with Gasteiger partial charge in [0.1, 0.15) is 5.15 Å². The number of rotatable bonds is 4. The Balaban J connectivity index is 2.09. The Labute approximate surface area is 152 Å². The molecule has 2 rings (SSSR count). The summed E-state index contributed by atoms with van der Waals surface area (Å²) < 4.78 is 5.26. The quantitative estimate of drug-likeness (QED) is 0.656. The second-order valence-electron chi connectivity index (χ2n) is 6.10. The molecule has 1 amide bonds. The van der Waals surface area contributed by atoms with Gasteiger partial charge in [-0.2, -0.15) is 0 Å². The van der Waals surface area contributed by atoms with Crippen molar-refractivity contribution in [2.45, 2.75) is 40.7 Å². The van der Waals surface area contributed by atoms with Crippen molar-refractivity contribution in [2.75, 3.05) is 5.32 Å². The van der Waals surface area contributed by atoms with Crippen LogP contribution >= 0.6 is 11.6 Å². The van der Waals surface area contributed by atoms with Crippen LogP contribution in [0.1, 0.15) is 39.7 Å². The standard InChI is InChI=1S/C19H21ClN2O3/c1-10-6-7-15(11(2)8-10)22-18(23)14(5)25-19(24)16-12(3)9-13(4)21-17(16)20/h6-9,14H,1-5H3,(H,22,23)/t14-/m1/s1. The van der Waals surface area contributed by atoms with E-state index in [1.165, 1.54) is 6.92 Å². The molecule has 1 atom stereocenters. The minimum atomic E-state index is -0.968. The lowest BCUT2D eigenvalue weighted by Gasteiger charge is -2.16. The van der Waals surface area contributed by atoms with Gasteiger partial charge in [-0.25, -0.2) is 9.78 Å². The van der Waals surface area contributed by atoms with Crippen LogP contribution in [0.15, 0.2) is 24.3 Å². The first-order chi connectivity index (χ1) is 11.7. The van der Waals surface area contributed by atoms with E-state index >= 15 is 0 Å². The largest absolute Gasteiger partial charge is 0.449 e. The maximum Gasteiger partial charge on any atom is 0.342 e. The Morgan fingerprint density at radius 2 is 1.80 bits per heavy atom. The van der Waals surface area contributed by atoms with E-state index in [4.69, 9.17) is 16.3 Å². The van der Waals surface area contributed by atoms with E-state index < -0.39 is 18.0 Å². The minimum Gasteiger partial charge on any atom is -0.449 e. The van der Waals surface area contributed by atoms with E-state index in [1.54, 1.807) is 19.9 Å². The number of pyridine rings is 1. The van der Waals surface area contributed by atoms with Crippen LogP contribution in [-0.2, 0) is 9.53 Å². The van der Waals surface area contributed by atoms with Gasteiger partial charge in [0.25, 0.3) is 5.91 Å². The fourth-order valence-corrected chi connectivity index (χ4v) is 2.86. The molecule has 0 fully saturated rings. The van der Waals surface area contributed by atoms with Crippen molar-refractivity contribution in [1.82, 2.24) is 4.98 Å². The Morgan fingerprint density at radius 3 is 2.40 bits per heavy atom. The second-order valence-corrected chi connectivity index (χ2v) is 6.46. The summed E-state index contributed by atoms with van der Waals surface area (Å²) in [6.45, 7) is 8.93. The molecule has 1 aromatic carbocycles. The molecular formula is C19H21ClN2O3. The van der Waals surface area contributed by atoms with Gasteiger partial charge >= 0.3 is 5.97 Å². The predicted molar refractivity (Wildman–Crippen MR) is 98.1 cm³/mol. The number of ether oxygens (including phenoxy) is 1.